The van der Waals surface area contributed by atoms with Crippen LogP contribution in [0.4, 0.5) is 0 Å². The summed E-state index contributed by atoms with van der Waals surface area (Å²) in [6.45, 7) is 1.91. The molecule has 0 saturated heterocycles. The van der Waals surface area contributed by atoms with Gasteiger partial charge in [-0.3, -0.25) is 5.41 Å². The Balaban J connectivity index is 2.16. The fraction of sp³-hybridized carbons (Fsp3) is 0.214. The number of hydrogen-bond acceptors (Lipinski definition) is 2. The molecule has 2 rings (SSSR count). The van der Waals surface area contributed by atoms with E-state index in [-0.39, 0.29) is 11.9 Å². The third kappa shape index (κ3) is 2.97. The summed E-state index contributed by atoms with van der Waals surface area (Å²) < 4.78 is 5.71. The van der Waals surface area contributed by atoms with Gasteiger partial charge in [0.2, 0.25) is 0 Å². The summed E-state index contributed by atoms with van der Waals surface area (Å²) in [6, 6.07) is 14.1. The predicted octanol–water partition coefficient (Wildman–Crippen LogP) is 2.93. The van der Waals surface area contributed by atoms with E-state index in [1.54, 1.807) is 0 Å². The van der Waals surface area contributed by atoms with E-state index < -0.39 is 0 Å². The quantitative estimate of drug-likeness (QED) is 0.624. The maximum absolute atomic E-state index is 7.22. The molecule has 0 aliphatic rings. The van der Waals surface area contributed by atoms with Crippen LogP contribution in [0.1, 0.15) is 13.3 Å². The maximum Gasteiger partial charge on any atom is 0.120 e. The van der Waals surface area contributed by atoms with Gasteiger partial charge in [0.1, 0.15) is 11.9 Å². The summed E-state index contributed by atoms with van der Waals surface area (Å²) in [5, 5.41) is 9.57. The van der Waals surface area contributed by atoms with E-state index in [1.807, 2.05) is 37.3 Å². The number of rotatable bonds is 4. The highest BCUT2D eigenvalue weighted by Gasteiger charge is 2.05. The summed E-state index contributed by atoms with van der Waals surface area (Å²) in [6.07, 6.45) is 0.376. The standard InChI is InChI=1S/C14H16N2O/c1-10(8-14(15)16)17-13-7-6-11-4-2-3-5-12(11)9-13/h2-7,9-10H,8H2,1H3,(H3,15,16). The molecule has 0 spiro atoms. The molecular weight excluding hydrogens is 212 g/mol. The molecule has 0 aliphatic heterocycles. The SMILES string of the molecule is CC(CC(=N)N)Oc1ccc2ccccc2c1. The van der Waals surface area contributed by atoms with E-state index in [0.717, 1.165) is 11.1 Å². The lowest BCUT2D eigenvalue weighted by molar-refractivity contribution is 0.230. The first-order valence-electron chi connectivity index (χ1n) is 5.63. The van der Waals surface area contributed by atoms with Gasteiger partial charge in [-0.2, -0.15) is 0 Å². The van der Waals surface area contributed by atoms with Gasteiger partial charge in [-0.25, -0.2) is 0 Å². The van der Waals surface area contributed by atoms with Gasteiger partial charge in [-0.05, 0) is 29.8 Å². The lowest BCUT2D eigenvalue weighted by Gasteiger charge is -2.14. The van der Waals surface area contributed by atoms with Crippen LogP contribution in [0.15, 0.2) is 42.5 Å². The molecule has 2 aromatic rings. The van der Waals surface area contributed by atoms with Crippen molar-refractivity contribution in [3.8, 4) is 5.75 Å². The number of fused-ring (bicyclic) bond motifs is 1. The van der Waals surface area contributed by atoms with E-state index in [9.17, 15) is 0 Å². The molecule has 0 bridgehead atoms. The van der Waals surface area contributed by atoms with Crippen molar-refractivity contribution in [2.24, 2.45) is 5.73 Å². The van der Waals surface area contributed by atoms with E-state index in [0.29, 0.717) is 6.42 Å². The molecule has 0 amide bonds. The Morgan fingerprint density at radius 3 is 2.65 bits per heavy atom. The van der Waals surface area contributed by atoms with Crippen LogP contribution in [0.5, 0.6) is 5.75 Å². The Bertz CT molecular complexity index is 536. The average molecular weight is 228 g/mol. The zero-order chi connectivity index (χ0) is 12.3. The normalized spacial score (nSPS) is 12.3. The van der Waals surface area contributed by atoms with Crippen LogP contribution in [-0.4, -0.2) is 11.9 Å². The van der Waals surface area contributed by atoms with Crippen LogP contribution in [0.3, 0.4) is 0 Å². The Kier molecular flexibility index (Phi) is 3.28. The number of amidine groups is 1. The fourth-order valence-corrected chi connectivity index (χ4v) is 1.82. The number of hydrogen-bond donors (Lipinski definition) is 2. The molecule has 0 aliphatic carbocycles. The van der Waals surface area contributed by atoms with Crippen LogP contribution in [0.2, 0.25) is 0 Å². The van der Waals surface area contributed by atoms with Gasteiger partial charge in [-0.1, -0.05) is 30.3 Å². The van der Waals surface area contributed by atoms with Gasteiger partial charge in [0.25, 0.3) is 0 Å². The monoisotopic (exact) mass is 228 g/mol. The van der Waals surface area contributed by atoms with Crippen molar-refractivity contribution in [1.82, 2.24) is 0 Å². The van der Waals surface area contributed by atoms with Crippen molar-refractivity contribution >= 4 is 16.6 Å². The summed E-state index contributed by atoms with van der Waals surface area (Å²) in [4.78, 5) is 0. The molecule has 88 valence electrons. The van der Waals surface area contributed by atoms with Crippen LogP contribution < -0.4 is 10.5 Å². The van der Waals surface area contributed by atoms with Crippen molar-refractivity contribution in [3.05, 3.63) is 42.5 Å². The van der Waals surface area contributed by atoms with Gasteiger partial charge in [-0.15, -0.1) is 0 Å². The van der Waals surface area contributed by atoms with Crippen LogP contribution in [0.25, 0.3) is 10.8 Å². The molecule has 3 N–H and O–H groups in total. The zero-order valence-corrected chi connectivity index (χ0v) is 9.81. The first-order valence-corrected chi connectivity index (χ1v) is 5.63. The molecule has 0 radical (unpaired) electrons. The lowest BCUT2D eigenvalue weighted by Crippen LogP contribution is -2.21. The summed E-state index contributed by atoms with van der Waals surface area (Å²) in [5.41, 5.74) is 5.34. The number of benzene rings is 2. The molecule has 17 heavy (non-hydrogen) atoms. The molecular formula is C14H16N2O. The Hall–Kier alpha value is -2.03. The highest BCUT2D eigenvalue weighted by molar-refractivity contribution is 5.83. The largest absolute Gasteiger partial charge is 0.490 e. The first-order chi connectivity index (χ1) is 8.15. The van der Waals surface area contributed by atoms with Crippen LogP contribution in [0, 0.1) is 5.41 Å². The Morgan fingerprint density at radius 1 is 1.24 bits per heavy atom. The van der Waals surface area contributed by atoms with Crippen molar-refractivity contribution in [2.45, 2.75) is 19.4 Å². The number of nitrogens with one attached hydrogen (secondary N) is 1. The van der Waals surface area contributed by atoms with E-state index in [1.165, 1.54) is 5.39 Å². The van der Waals surface area contributed by atoms with Gasteiger partial charge in [0.05, 0.1) is 5.84 Å². The van der Waals surface area contributed by atoms with Crippen molar-refractivity contribution in [1.29, 1.82) is 5.41 Å². The maximum atomic E-state index is 7.22. The van der Waals surface area contributed by atoms with E-state index in [4.69, 9.17) is 15.9 Å². The van der Waals surface area contributed by atoms with Gasteiger partial charge in [0.15, 0.2) is 0 Å². The third-order valence-electron chi connectivity index (χ3n) is 2.57. The second-order valence-corrected chi connectivity index (χ2v) is 4.17. The number of nitrogens with two attached hydrogens (primary N) is 1. The van der Waals surface area contributed by atoms with Gasteiger partial charge < -0.3 is 10.5 Å². The smallest absolute Gasteiger partial charge is 0.120 e. The second kappa shape index (κ2) is 4.87. The molecule has 3 nitrogen and oxygen atoms in total. The van der Waals surface area contributed by atoms with E-state index in [2.05, 4.69) is 12.1 Å². The minimum absolute atomic E-state index is 0.0753. The average Bonchev–Trinajstić information content (AvgIpc) is 2.27. The highest BCUT2D eigenvalue weighted by atomic mass is 16.5. The Labute approximate surface area is 101 Å². The first kappa shape index (κ1) is 11.5. The molecule has 0 fully saturated rings. The topological polar surface area (TPSA) is 59.1 Å². The molecule has 2 aromatic carbocycles. The van der Waals surface area contributed by atoms with Crippen molar-refractivity contribution in [2.75, 3.05) is 0 Å². The van der Waals surface area contributed by atoms with Crippen molar-refractivity contribution < 1.29 is 4.74 Å². The summed E-state index contributed by atoms with van der Waals surface area (Å²) in [5.74, 6) is 0.968. The molecule has 1 unspecified atom stereocenters. The predicted molar refractivity (Wildman–Crippen MR) is 70.6 cm³/mol. The second-order valence-electron chi connectivity index (χ2n) is 4.17. The Morgan fingerprint density at radius 2 is 1.94 bits per heavy atom. The molecule has 0 heterocycles. The van der Waals surface area contributed by atoms with Crippen molar-refractivity contribution in [3.63, 3.8) is 0 Å². The minimum atomic E-state index is -0.0753. The van der Waals surface area contributed by atoms with Crippen LogP contribution in [-0.2, 0) is 0 Å². The fourth-order valence-electron chi connectivity index (χ4n) is 1.82. The minimum Gasteiger partial charge on any atom is -0.490 e. The summed E-state index contributed by atoms with van der Waals surface area (Å²) in [7, 11) is 0. The zero-order valence-electron chi connectivity index (χ0n) is 9.81. The highest BCUT2D eigenvalue weighted by Crippen LogP contribution is 2.21. The number of ether oxygens (including phenoxy) is 1. The summed E-state index contributed by atoms with van der Waals surface area (Å²) >= 11 is 0. The molecule has 3 heteroatoms. The molecule has 0 saturated carbocycles. The third-order valence-corrected chi connectivity index (χ3v) is 2.57. The van der Waals surface area contributed by atoms with E-state index >= 15 is 0 Å². The van der Waals surface area contributed by atoms with Crippen LogP contribution >= 0.6 is 0 Å². The molecule has 1 atom stereocenters. The lowest BCUT2D eigenvalue weighted by atomic mass is 10.1. The van der Waals surface area contributed by atoms with Gasteiger partial charge >= 0.3 is 0 Å². The van der Waals surface area contributed by atoms with Gasteiger partial charge in [0, 0.05) is 6.42 Å². The molecule has 0 aromatic heterocycles.